The highest BCUT2D eigenvalue weighted by molar-refractivity contribution is 7.99. The lowest BCUT2D eigenvalue weighted by molar-refractivity contribution is -0.127. The Balaban J connectivity index is 1.56. The normalized spacial score (nSPS) is 15.9. The molecule has 5 nitrogen and oxygen atoms in total. The number of ether oxygens (including phenoxy) is 1. The van der Waals surface area contributed by atoms with Crippen LogP contribution >= 0.6 is 11.8 Å². The van der Waals surface area contributed by atoms with Crippen LogP contribution in [0.25, 0.3) is 5.69 Å². The second kappa shape index (κ2) is 8.43. The first-order valence-electron chi connectivity index (χ1n) is 9.91. The molecule has 29 heavy (non-hydrogen) atoms. The smallest absolute Gasteiger partial charge is 0.228 e. The molecule has 0 saturated carbocycles. The van der Waals surface area contributed by atoms with E-state index in [1.54, 1.807) is 11.8 Å². The highest BCUT2D eigenvalue weighted by atomic mass is 32.2. The lowest BCUT2D eigenvalue weighted by Gasteiger charge is -2.34. The number of imidazole rings is 1. The van der Waals surface area contributed by atoms with Gasteiger partial charge in [0.25, 0.3) is 0 Å². The molecular formula is C23H25N3O2S. The van der Waals surface area contributed by atoms with Crippen LogP contribution in [0.1, 0.15) is 31.2 Å². The molecule has 4 rings (SSSR count). The van der Waals surface area contributed by atoms with Crippen molar-refractivity contribution in [2.24, 2.45) is 5.73 Å². The van der Waals surface area contributed by atoms with Gasteiger partial charge < -0.3 is 15.0 Å². The van der Waals surface area contributed by atoms with Crippen molar-refractivity contribution in [2.75, 3.05) is 13.2 Å². The van der Waals surface area contributed by atoms with Crippen molar-refractivity contribution in [3.05, 3.63) is 72.3 Å². The van der Waals surface area contributed by atoms with Gasteiger partial charge in [-0.05, 0) is 54.8 Å². The number of hydrogen-bond acceptors (Lipinski definition) is 4. The second-order valence-corrected chi connectivity index (χ2v) is 8.40. The van der Waals surface area contributed by atoms with E-state index in [0.717, 1.165) is 33.3 Å². The number of amides is 1. The quantitative estimate of drug-likeness (QED) is 0.667. The first-order chi connectivity index (χ1) is 14.1. The molecule has 1 saturated heterocycles. The first-order valence-corrected chi connectivity index (χ1v) is 10.7. The van der Waals surface area contributed by atoms with Crippen molar-refractivity contribution in [3.63, 3.8) is 0 Å². The van der Waals surface area contributed by atoms with Gasteiger partial charge in [0.05, 0.1) is 5.41 Å². The average molecular weight is 408 g/mol. The van der Waals surface area contributed by atoms with Gasteiger partial charge >= 0.3 is 0 Å². The van der Waals surface area contributed by atoms with Crippen molar-refractivity contribution >= 4 is 17.7 Å². The van der Waals surface area contributed by atoms with E-state index in [0.29, 0.717) is 26.1 Å². The number of hydrogen-bond donors (Lipinski definition) is 1. The van der Waals surface area contributed by atoms with Crippen LogP contribution in [0.15, 0.2) is 70.7 Å². The fourth-order valence-corrected chi connectivity index (χ4v) is 4.77. The Bertz CT molecular complexity index is 991. The van der Waals surface area contributed by atoms with Crippen molar-refractivity contribution in [3.8, 4) is 5.69 Å². The zero-order valence-electron chi connectivity index (χ0n) is 16.5. The average Bonchev–Trinajstić information content (AvgIpc) is 3.24. The summed E-state index contributed by atoms with van der Waals surface area (Å²) in [5.74, 6) is 0.783. The Morgan fingerprint density at radius 2 is 1.93 bits per heavy atom. The number of nitrogens with zero attached hydrogens (tertiary/aromatic N) is 2. The number of primary amides is 1. The summed E-state index contributed by atoms with van der Waals surface area (Å²) in [5, 5.41) is 0. The van der Waals surface area contributed by atoms with Gasteiger partial charge in [0.15, 0.2) is 0 Å². The van der Waals surface area contributed by atoms with E-state index in [-0.39, 0.29) is 5.91 Å². The van der Waals surface area contributed by atoms with Crippen molar-refractivity contribution in [1.29, 1.82) is 0 Å². The third-order valence-corrected chi connectivity index (χ3v) is 6.59. The van der Waals surface area contributed by atoms with Crippen molar-refractivity contribution < 1.29 is 9.53 Å². The molecule has 1 aliphatic rings. The molecule has 0 aliphatic carbocycles. The zero-order chi connectivity index (χ0) is 20.3. The SMILES string of the molecule is CCc1nccn1-c1ccc(Sc2cccc(C3(C(N)=O)CCOCC3)c2)cc1. The van der Waals surface area contributed by atoms with Crippen LogP contribution in [0.5, 0.6) is 0 Å². The predicted octanol–water partition coefficient (Wildman–Crippen LogP) is 4.12. The van der Waals surface area contributed by atoms with Crippen LogP contribution in [-0.2, 0) is 21.4 Å². The van der Waals surface area contributed by atoms with Crippen LogP contribution < -0.4 is 5.73 Å². The van der Waals surface area contributed by atoms with E-state index >= 15 is 0 Å². The summed E-state index contributed by atoms with van der Waals surface area (Å²) in [6.07, 6.45) is 5.98. The summed E-state index contributed by atoms with van der Waals surface area (Å²) in [6, 6.07) is 16.6. The minimum atomic E-state index is -0.628. The number of benzene rings is 2. The number of rotatable bonds is 6. The largest absolute Gasteiger partial charge is 0.381 e. The topological polar surface area (TPSA) is 70.1 Å². The highest BCUT2D eigenvalue weighted by Gasteiger charge is 2.40. The van der Waals surface area contributed by atoms with Gasteiger partial charge in [-0.15, -0.1) is 0 Å². The third kappa shape index (κ3) is 3.95. The number of aryl methyl sites for hydroxylation is 1. The Hall–Kier alpha value is -2.57. The molecule has 1 aliphatic heterocycles. The number of carbonyl (C=O) groups excluding carboxylic acids is 1. The maximum Gasteiger partial charge on any atom is 0.228 e. The first kappa shape index (κ1) is 19.7. The van der Waals surface area contributed by atoms with Gasteiger partial charge in [-0.25, -0.2) is 4.98 Å². The maximum atomic E-state index is 12.3. The van der Waals surface area contributed by atoms with E-state index in [1.807, 2.05) is 24.5 Å². The summed E-state index contributed by atoms with van der Waals surface area (Å²) in [4.78, 5) is 18.9. The van der Waals surface area contributed by atoms with E-state index in [1.165, 1.54) is 0 Å². The van der Waals surface area contributed by atoms with Gasteiger partial charge in [0.2, 0.25) is 5.91 Å². The fraction of sp³-hybridized carbons (Fsp3) is 0.304. The Morgan fingerprint density at radius 3 is 2.62 bits per heavy atom. The lowest BCUT2D eigenvalue weighted by Crippen LogP contribution is -2.45. The third-order valence-electron chi connectivity index (χ3n) is 5.59. The van der Waals surface area contributed by atoms with E-state index in [9.17, 15) is 4.79 Å². The summed E-state index contributed by atoms with van der Waals surface area (Å²) in [6.45, 7) is 3.23. The summed E-state index contributed by atoms with van der Waals surface area (Å²) in [5.41, 5.74) is 7.28. The van der Waals surface area contributed by atoms with Gasteiger partial charge in [0.1, 0.15) is 5.82 Å². The zero-order valence-corrected chi connectivity index (χ0v) is 17.3. The molecule has 3 aromatic rings. The summed E-state index contributed by atoms with van der Waals surface area (Å²) < 4.78 is 7.57. The second-order valence-electron chi connectivity index (χ2n) is 7.25. The number of carbonyl (C=O) groups is 1. The molecule has 2 N–H and O–H groups in total. The molecule has 0 radical (unpaired) electrons. The molecule has 6 heteroatoms. The van der Waals surface area contributed by atoms with Gasteiger partial charge in [-0.3, -0.25) is 4.79 Å². The molecule has 1 aromatic heterocycles. The number of aromatic nitrogens is 2. The van der Waals surface area contributed by atoms with Gasteiger partial charge in [0, 0.05) is 47.5 Å². The molecule has 0 unspecified atom stereocenters. The predicted molar refractivity (Wildman–Crippen MR) is 114 cm³/mol. The molecule has 2 aromatic carbocycles. The molecule has 2 heterocycles. The van der Waals surface area contributed by atoms with Crippen LogP contribution in [0.2, 0.25) is 0 Å². The van der Waals surface area contributed by atoms with Crippen LogP contribution in [0, 0.1) is 0 Å². The highest BCUT2D eigenvalue weighted by Crippen LogP contribution is 2.37. The van der Waals surface area contributed by atoms with Gasteiger partial charge in [-0.2, -0.15) is 0 Å². The van der Waals surface area contributed by atoms with Crippen molar-refractivity contribution in [2.45, 2.75) is 41.4 Å². The Labute approximate surface area is 175 Å². The Kier molecular flexibility index (Phi) is 5.74. The van der Waals surface area contributed by atoms with Crippen LogP contribution in [0.4, 0.5) is 0 Å². The molecule has 0 spiro atoms. The monoisotopic (exact) mass is 407 g/mol. The molecule has 1 fully saturated rings. The minimum absolute atomic E-state index is 0.264. The Morgan fingerprint density at radius 1 is 1.17 bits per heavy atom. The van der Waals surface area contributed by atoms with E-state index in [2.05, 4.69) is 52.9 Å². The molecular weight excluding hydrogens is 382 g/mol. The van der Waals surface area contributed by atoms with Crippen molar-refractivity contribution in [1.82, 2.24) is 9.55 Å². The standard InChI is InChI=1S/C23H25N3O2S/c1-2-21-25-12-13-26(21)18-6-8-19(9-7-18)29-20-5-3-4-17(16-20)23(22(24)27)10-14-28-15-11-23/h3-9,12-13,16H,2,10-11,14-15H2,1H3,(H2,24,27). The molecule has 1 amide bonds. The van der Waals surface area contributed by atoms with Crippen LogP contribution in [0.3, 0.4) is 0 Å². The van der Waals surface area contributed by atoms with Crippen LogP contribution in [-0.4, -0.2) is 28.7 Å². The van der Waals surface area contributed by atoms with E-state index in [4.69, 9.17) is 10.5 Å². The number of nitrogens with two attached hydrogens (primary N) is 1. The van der Waals surface area contributed by atoms with Gasteiger partial charge in [-0.1, -0.05) is 30.8 Å². The molecule has 0 atom stereocenters. The minimum Gasteiger partial charge on any atom is -0.381 e. The molecule has 0 bridgehead atoms. The van der Waals surface area contributed by atoms with E-state index < -0.39 is 5.41 Å². The lowest BCUT2D eigenvalue weighted by atomic mass is 9.73. The summed E-state index contributed by atoms with van der Waals surface area (Å²) >= 11 is 1.68. The summed E-state index contributed by atoms with van der Waals surface area (Å²) in [7, 11) is 0. The molecule has 150 valence electrons. The maximum absolute atomic E-state index is 12.3. The fourth-order valence-electron chi connectivity index (χ4n) is 3.90.